The summed E-state index contributed by atoms with van der Waals surface area (Å²) in [7, 11) is 1.43. The van der Waals surface area contributed by atoms with E-state index in [0.717, 1.165) is 36.2 Å². The molecule has 3 aliphatic rings. The molecule has 1 aliphatic heterocycles. The lowest BCUT2D eigenvalue weighted by atomic mass is 9.85. The maximum absolute atomic E-state index is 13.2. The van der Waals surface area contributed by atoms with Gasteiger partial charge >= 0.3 is 0 Å². The van der Waals surface area contributed by atoms with Crippen molar-refractivity contribution >= 4 is 17.3 Å². The number of benzene rings is 1. The zero-order chi connectivity index (χ0) is 21.7. The monoisotopic (exact) mass is 410 g/mol. The zero-order valence-corrected chi connectivity index (χ0v) is 18.0. The highest BCUT2D eigenvalue weighted by atomic mass is 16.5. The summed E-state index contributed by atoms with van der Waals surface area (Å²) in [4.78, 5) is 13.2. The van der Waals surface area contributed by atoms with Gasteiger partial charge in [-0.25, -0.2) is 0 Å². The fourth-order valence-corrected chi connectivity index (χ4v) is 4.24. The molecule has 1 aromatic rings. The van der Waals surface area contributed by atoms with Gasteiger partial charge in [0.05, 0.1) is 12.5 Å². The Labute approximate surface area is 177 Å². The Morgan fingerprint density at radius 2 is 2.00 bits per heavy atom. The maximum atomic E-state index is 13.2. The van der Waals surface area contributed by atoms with Gasteiger partial charge in [-0.1, -0.05) is 20.8 Å². The van der Waals surface area contributed by atoms with Gasteiger partial charge in [-0.3, -0.25) is 4.79 Å². The SMILES string of the molecule is COC1=C(O)C(O)=CCC(C2(C(=O)Nc3ccc4c(c3)CC(C(C)(C)C)N4)CC2)=C1. The smallest absolute Gasteiger partial charge is 0.234 e. The zero-order valence-electron chi connectivity index (χ0n) is 18.0. The molecule has 1 atom stereocenters. The van der Waals surface area contributed by atoms with Crippen LogP contribution in [0.5, 0.6) is 0 Å². The van der Waals surface area contributed by atoms with Crippen molar-refractivity contribution in [2.45, 2.75) is 52.5 Å². The number of methoxy groups -OCH3 is 1. The summed E-state index contributed by atoms with van der Waals surface area (Å²) in [6, 6.07) is 6.40. The third-order valence-corrected chi connectivity index (χ3v) is 6.48. The average Bonchev–Trinajstić information content (AvgIpc) is 3.41. The maximum Gasteiger partial charge on any atom is 0.234 e. The highest BCUT2D eigenvalue weighted by Gasteiger charge is 2.52. The van der Waals surface area contributed by atoms with Crippen LogP contribution in [0.15, 0.2) is 53.2 Å². The molecule has 0 spiro atoms. The Morgan fingerprint density at radius 3 is 2.63 bits per heavy atom. The molecule has 160 valence electrons. The number of anilines is 2. The number of hydrogen-bond acceptors (Lipinski definition) is 5. The second kappa shape index (κ2) is 7.11. The van der Waals surface area contributed by atoms with E-state index in [0.29, 0.717) is 12.5 Å². The van der Waals surface area contributed by atoms with Gasteiger partial charge in [0, 0.05) is 17.4 Å². The number of fused-ring (bicyclic) bond motifs is 1. The van der Waals surface area contributed by atoms with Crippen LogP contribution in [0.2, 0.25) is 0 Å². The summed E-state index contributed by atoms with van der Waals surface area (Å²) >= 11 is 0. The minimum atomic E-state index is -0.629. The van der Waals surface area contributed by atoms with Crippen LogP contribution < -0.4 is 10.6 Å². The van der Waals surface area contributed by atoms with Crippen LogP contribution in [-0.2, 0) is 16.0 Å². The minimum absolute atomic E-state index is 0.0586. The van der Waals surface area contributed by atoms with Gasteiger partial charge in [0.25, 0.3) is 0 Å². The number of carbonyl (C=O) groups is 1. The van der Waals surface area contributed by atoms with Crippen LogP contribution >= 0.6 is 0 Å². The van der Waals surface area contributed by atoms with Crippen molar-refractivity contribution < 1.29 is 19.7 Å². The van der Waals surface area contributed by atoms with Gasteiger partial charge in [-0.2, -0.15) is 0 Å². The summed E-state index contributed by atoms with van der Waals surface area (Å²) in [6.45, 7) is 6.68. The summed E-state index contributed by atoms with van der Waals surface area (Å²) in [5.74, 6) is -0.416. The first-order valence-corrected chi connectivity index (χ1v) is 10.4. The number of carbonyl (C=O) groups excluding carboxylic acids is 1. The summed E-state index contributed by atoms with van der Waals surface area (Å²) < 4.78 is 5.21. The highest BCUT2D eigenvalue weighted by Crippen LogP contribution is 2.55. The van der Waals surface area contributed by atoms with E-state index in [-0.39, 0.29) is 28.6 Å². The van der Waals surface area contributed by atoms with E-state index >= 15 is 0 Å². The number of hydrogen-bond donors (Lipinski definition) is 4. The molecule has 1 amide bonds. The van der Waals surface area contributed by atoms with E-state index < -0.39 is 5.41 Å². The van der Waals surface area contributed by atoms with E-state index in [4.69, 9.17) is 4.74 Å². The van der Waals surface area contributed by atoms with E-state index in [1.165, 1.54) is 18.7 Å². The summed E-state index contributed by atoms with van der Waals surface area (Å²) in [5, 5.41) is 26.7. The predicted octanol–water partition coefficient (Wildman–Crippen LogP) is 4.98. The van der Waals surface area contributed by atoms with Gasteiger partial charge < -0.3 is 25.6 Å². The first kappa shape index (κ1) is 20.4. The molecule has 1 aromatic carbocycles. The number of aliphatic hydroxyl groups is 2. The second-order valence-corrected chi connectivity index (χ2v) is 9.56. The van der Waals surface area contributed by atoms with Crippen molar-refractivity contribution in [3.63, 3.8) is 0 Å². The molecule has 4 N–H and O–H groups in total. The molecule has 1 fully saturated rings. The van der Waals surface area contributed by atoms with Crippen LogP contribution in [0.3, 0.4) is 0 Å². The first-order chi connectivity index (χ1) is 14.1. The standard InChI is InChI=1S/C24H30N2O4/c1-23(2,3)20-12-14-11-16(6-7-17(14)26-20)25-22(29)24(9-10-24)15-5-8-18(27)21(28)19(13-15)30-4/h6-8,11,13,20,26-28H,5,9-10,12H2,1-4H3,(H,25,29). The Kier molecular flexibility index (Phi) is 4.83. The Bertz CT molecular complexity index is 977. The van der Waals surface area contributed by atoms with Gasteiger partial charge in [-0.05, 0) is 72.6 Å². The molecule has 1 unspecified atom stereocenters. The third-order valence-electron chi connectivity index (χ3n) is 6.48. The van der Waals surface area contributed by atoms with Gasteiger partial charge in [0.1, 0.15) is 0 Å². The largest absolute Gasteiger partial charge is 0.504 e. The molecule has 0 aromatic heterocycles. The van der Waals surface area contributed by atoms with Crippen molar-refractivity contribution in [3.8, 4) is 0 Å². The normalized spacial score (nSPS) is 22.3. The summed E-state index contributed by atoms with van der Waals surface area (Å²) in [5.41, 5.74) is 3.50. The van der Waals surface area contributed by atoms with Crippen molar-refractivity contribution in [1.82, 2.24) is 0 Å². The Balaban J connectivity index is 1.53. The lowest BCUT2D eigenvalue weighted by Crippen LogP contribution is -2.31. The third kappa shape index (κ3) is 3.55. The molecule has 2 aliphatic carbocycles. The number of amides is 1. The van der Waals surface area contributed by atoms with E-state index in [1.54, 1.807) is 6.08 Å². The van der Waals surface area contributed by atoms with Crippen molar-refractivity contribution in [1.29, 1.82) is 0 Å². The predicted molar refractivity (Wildman–Crippen MR) is 117 cm³/mol. The average molecular weight is 411 g/mol. The molecule has 0 saturated heterocycles. The van der Waals surface area contributed by atoms with E-state index in [1.807, 2.05) is 12.1 Å². The lowest BCUT2D eigenvalue weighted by molar-refractivity contribution is -0.119. The van der Waals surface area contributed by atoms with Crippen LogP contribution in [-0.4, -0.2) is 29.3 Å². The first-order valence-electron chi connectivity index (χ1n) is 10.4. The van der Waals surface area contributed by atoms with E-state index in [9.17, 15) is 15.0 Å². The molecule has 30 heavy (non-hydrogen) atoms. The lowest BCUT2D eigenvalue weighted by Gasteiger charge is -2.27. The van der Waals surface area contributed by atoms with Crippen molar-refractivity contribution in [2.75, 3.05) is 17.7 Å². The van der Waals surface area contributed by atoms with Crippen LogP contribution in [0.25, 0.3) is 0 Å². The fraction of sp³-hybridized carbons (Fsp3) is 0.458. The summed E-state index contributed by atoms with van der Waals surface area (Å²) in [6.07, 6.45) is 5.99. The number of nitrogens with one attached hydrogen (secondary N) is 2. The quantitative estimate of drug-likeness (QED) is 0.562. The van der Waals surface area contributed by atoms with Crippen LogP contribution in [0, 0.1) is 10.8 Å². The number of allylic oxidation sites excluding steroid dienone is 2. The Morgan fingerprint density at radius 1 is 1.27 bits per heavy atom. The van der Waals surface area contributed by atoms with Crippen LogP contribution in [0.4, 0.5) is 11.4 Å². The fourth-order valence-electron chi connectivity index (χ4n) is 4.24. The van der Waals surface area contributed by atoms with Crippen LogP contribution in [0.1, 0.15) is 45.6 Å². The Hall–Kier alpha value is -2.89. The number of ether oxygens (including phenoxy) is 1. The van der Waals surface area contributed by atoms with Gasteiger partial charge in [0.15, 0.2) is 17.3 Å². The number of rotatable bonds is 4. The molecule has 0 bridgehead atoms. The van der Waals surface area contributed by atoms with Crippen molar-refractivity contribution in [2.24, 2.45) is 10.8 Å². The second-order valence-electron chi connectivity index (χ2n) is 9.56. The van der Waals surface area contributed by atoms with Gasteiger partial charge in [-0.15, -0.1) is 0 Å². The minimum Gasteiger partial charge on any atom is -0.504 e. The van der Waals surface area contributed by atoms with E-state index in [2.05, 4.69) is 37.5 Å². The molecular formula is C24H30N2O4. The van der Waals surface area contributed by atoms with Crippen molar-refractivity contribution in [3.05, 3.63) is 58.8 Å². The molecule has 1 saturated carbocycles. The molecule has 4 rings (SSSR count). The molecule has 6 heteroatoms. The molecule has 6 nitrogen and oxygen atoms in total. The van der Waals surface area contributed by atoms with Gasteiger partial charge in [0.2, 0.25) is 5.91 Å². The highest BCUT2D eigenvalue weighted by molar-refractivity contribution is 6.00. The molecule has 1 heterocycles. The topological polar surface area (TPSA) is 90.8 Å². The molecular weight excluding hydrogens is 380 g/mol. The molecule has 0 radical (unpaired) electrons. The number of aliphatic hydroxyl groups excluding tert-OH is 2.